The highest BCUT2D eigenvalue weighted by molar-refractivity contribution is 4.82. The normalized spacial score (nSPS) is 29.4. The highest BCUT2D eigenvalue weighted by Gasteiger charge is 2.26. The zero-order chi connectivity index (χ0) is 11.3. The van der Waals surface area contributed by atoms with Crippen molar-refractivity contribution in [3.63, 3.8) is 0 Å². The van der Waals surface area contributed by atoms with E-state index in [0.717, 1.165) is 18.9 Å². The minimum absolute atomic E-state index is 0.0856. The average molecular weight is 213 g/mol. The molecule has 0 aromatic carbocycles. The smallest absolute Gasteiger partial charge is 0.0695 e. The molecule has 0 aliphatic heterocycles. The largest absolute Gasteiger partial charge is 0.391 e. The summed E-state index contributed by atoms with van der Waals surface area (Å²) in [6.45, 7) is 5.69. The average Bonchev–Trinajstić information content (AvgIpc) is 2.18. The summed E-state index contributed by atoms with van der Waals surface area (Å²) in [4.78, 5) is 2.38. The molecule has 0 heterocycles. The molecule has 2 heteroatoms. The van der Waals surface area contributed by atoms with Crippen LogP contribution in [0.2, 0.25) is 0 Å². The lowest BCUT2D eigenvalue weighted by molar-refractivity contribution is 0.0262. The number of likely N-dealkylation sites (N-methyl/N-ethyl adjacent to an activating group) is 1. The molecular weight excluding hydrogens is 186 g/mol. The van der Waals surface area contributed by atoms with Gasteiger partial charge >= 0.3 is 0 Å². The fourth-order valence-corrected chi connectivity index (χ4v) is 2.82. The van der Waals surface area contributed by atoms with Crippen LogP contribution in [-0.2, 0) is 0 Å². The monoisotopic (exact) mass is 213 g/mol. The zero-order valence-electron chi connectivity index (χ0n) is 10.6. The fourth-order valence-electron chi connectivity index (χ4n) is 2.82. The maximum atomic E-state index is 9.94. The molecule has 1 fully saturated rings. The van der Waals surface area contributed by atoms with Gasteiger partial charge in [0.2, 0.25) is 0 Å². The number of nitrogens with zero attached hydrogens (tertiary/aromatic N) is 1. The van der Waals surface area contributed by atoms with Crippen LogP contribution < -0.4 is 0 Å². The first-order valence-corrected chi connectivity index (χ1v) is 6.53. The van der Waals surface area contributed by atoms with Crippen LogP contribution in [0.1, 0.15) is 52.4 Å². The molecule has 0 aromatic heterocycles. The van der Waals surface area contributed by atoms with E-state index in [1.807, 2.05) is 0 Å². The third-order valence-corrected chi connectivity index (χ3v) is 3.64. The van der Waals surface area contributed by atoms with E-state index in [4.69, 9.17) is 0 Å². The maximum absolute atomic E-state index is 9.94. The molecular formula is C13H27NO. The summed E-state index contributed by atoms with van der Waals surface area (Å²) in [6, 6.07) is 0.415. The molecule has 1 N–H and O–H groups in total. The van der Waals surface area contributed by atoms with Gasteiger partial charge in [-0.25, -0.2) is 0 Å². The molecule has 0 aromatic rings. The third kappa shape index (κ3) is 4.12. The summed E-state index contributed by atoms with van der Waals surface area (Å²) < 4.78 is 0. The second kappa shape index (κ2) is 6.49. The summed E-state index contributed by atoms with van der Waals surface area (Å²) in [6.07, 6.45) is 7.14. The summed E-state index contributed by atoms with van der Waals surface area (Å²) in [7, 11) is 2.17. The SMILES string of the molecule is CCCC(C)CN(C)C1CCCCC1O. The molecule has 1 saturated carbocycles. The Balaban J connectivity index is 2.34. The van der Waals surface area contributed by atoms with Gasteiger partial charge in [0.05, 0.1) is 6.10 Å². The Kier molecular flexibility index (Phi) is 5.62. The predicted octanol–water partition coefficient (Wildman–Crippen LogP) is 2.66. The number of hydrogen-bond acceptors (Lipinski definition) is 2. The molecule has 90 valence electrons. The number of rotatable bonds is 5. The Hall–Kier alpha value is -0.0800. The predicted molar refractivity (Wildman–Crippen MR) is 65.0 cm³/mol. The van der Waals surface area contributed by atoms with Crippen molar-refractivity contribution in [1.82, 2.24) is 4.90 Å². The van der Waals surface area contributed by atoms with Crippen molar-refractivity contribution in [2.24, 2.45) is 5.92 Å². The zero-order valence-corrected chi connectivity index (χ0v) is 10.6. The lowest BCUT2D eigenvalue weighted by atomic mass is 9.91. The van der Waals surface area contributed by atoms with Crippen LogP contribution in [0.5, 0.6) is 0 Å². The van der Waals surface area contributed by atoms with E-state index < -0.39 is 0 Å². The van der Waals surface area contributed by atoms with Gasteiger partial charge in [-0.15, -0.1) is 0 Å². The van der Waals surface area contributed by atoms with Crippen molar-refractivity contribution >= 4 is 0 Å². The second-order valence-electron chi connectivity index (χ2n) is 5.25. The third-order valence-electron chi connectivity index (χ3n) is 3.64. The van der Waals surface area contributed by atoms with Crippen molar-refractivity contribution < 1.29 is 5.11 Å². The first-order valence-electron chi connectivity index (χ1n) is 6.53. The van der Waals surface area contributed by atoms with Gasteiger partial charge in [0.25, 0.3) is 0 Å². The van der Waals surface area contributed by atoms with Crippen LogP contribution in [0.4, 0.5) is 0 Å². The molecule has 2 nitrogen and oxygen atoms in total. The van der Waals surface area contributed by atoms with Crippen molar-refractivity contribution in [2.75, 3.05) is 13.6 Å². The molecule has 3 unspecified atom stereocenters. The second-order valence-corrected chi connectivity index (χ2v) is 5.25. The Bertz CT molecular complexity index is 172. The summed E-state index contributed by atoms with van der Waals surface area (Å²) >= 11 is 0. The maximum Gasteiger partial charge on any atom is 0.0695 e. The Morgan fingerprint density at radius 1 is 1.33 bits per heavy atom. The van der Waals surface area contributed by atoms with Crippen LogP contribution in [-0.4, -0.2) is 35.7 Å². The van der Waals surface area contributed by atoms with Gasteiger partial charge in [-0.3, -0.25) is 0 Å². The summed E-state index contributed by atoms with van der Waals surface area (Å²) in [5.41, 5.74) is 0. The van der Waals surface area contributed by atoms with Crippen molar-refractivity contribution in [1.29, 1.82) is 0 Å². The van der Waals surface area contributed by atoms with E-state index in [9.17, 15) is 5.11 Å². The highest BCUT2D eigenvalue weighted by Crippen LogP contribution is 2.23. The van der Waals surface area contributed by atoms with Gasteiger partial charge in [0, 0.05) is 12.6 Å². The highest BCUT2D eigenvalue weighted by atomic mass is 16.3. The first kappa shape index (κ1) is 13.0. The van der Waals surface area contributed by atoms with Gasteiger partial charge in [-0.1, -0.05) is 33.1 Å². The van der Waals surface area contributed by atoms with Gasteiger partial charge in [-0.05, 0) is 32.2 Å². The van der Waals surface area contributed by atoms with E-state index in [-0.39, 0.29) is 6.10 Å². The van der Waals surface area contributed by atoms with Crippen LogP contribution in [0.15, 0.2) is 0 Å². The Morgan fingerprint density at radius 3 is 2.60 bits per heavy atom. The van der Waals surface area contributed by atoms with Crippen LogP contribution in [0.25, 0.3) is 0 Å². The number of aliphatic hydroxyl groups excluding tert-OH is 1. The lowest BCUT2D eigenvalue weighted by Crippen LogP contribution is -2.44. The van der Waals surface area contributed by atoms with E-state index >= 15 is 0 Å². The van der Waals surface area contributed by atoms with Gasteiger partial charge in [0.15, 0.2) is 0 Å². The van der Waals surface area contributed by atoms with Gasteiger partial charge in [0.1, 0.15) is 0 Å². The molecule has 1 aliphatic carbocycles. The van der Waals surface area contributed by atoms with Gasteiger partial charge in [-0.2, -0.15) is 0 Å². The minimum Gasteiger partial charge on any atom is -0.391 e. The lowest BCUT2D eigenvalue weighted by Gasteiger charge is -2.36. The Morgan fingerprint density at radius 2 is 2.00 bits per heavy atom. The van der Waals surface area contributed by atoms with E-state index in [0.29, 0.717) is 6.04 Å². The molecule has 0 radical (unpaired) electrons. The fraction of sp³-hybridized carbons (Fsp3) is 1.00. The molecule has 0 amide bonds. The van der Waals surface area contributed by atoms with Crippen molar-refractivity contribution in [2.45, 2.75) is 64.5 Å². The molecule has 15 heavy (non-hydrogen) atoms. The first-order chi connectivity index (χ1) is 7.15. The summed E-state index contributed by atoms with van der Waals surface area (Å²) in [5.74, 6) is 0.758. The van der Waals surface area contributed by atoms with E-state index in [2.05, 4.69) is 25.8 Å². The topological polar surface area (TPSA) is 23.5 Å². The van der Waals surface area contributed by atoms with Gasteiger partial charge < -0.3 is 10.0 Å². The Labute approximate surface area is 94.7 Å². The summed E-state index contributed by atoms with van der Waals surface area (Å²) in [5, 5.41) is 9.94. The molecule has 3 atom stereocenters. The van der Waals surface area contributed by atoms with E-state index in [1.165, 1.54) is 32.1 Å². The van der Waals surface area contributed by atoms with E-state index in [1.54, 1.807) is 0 Å². The van der Waals surface area contributed by atoms with Crippen LogP contribution >= 0.6 is 0 Å². The minimum atomic E-state index is -0.0856. The van der Waals surface area contributed by atoms with Crippen LogP contribution in [0, 0.1) is 5.92 Å². The molecule has 0 spiro atoms. The quantitative estimate of drug-likeness (QED) is 0.759. The standard InChI is InChI=1S/C13H27NO/c1-4-7-11(2)10-14(3)12-8-5-6-9-13(12)15/h11-13,15H,4-10H2,1-3H3. The van der Waals surface area contributed by atoms with Crippen LogP contribution in [0.3, 0.4) is 0 Å². The molecule has 1 rings (SSSR count). The molecule has 0 bridgehead atoms. The number of aliphatic hydroxyl groups is 1. The molecule has 1 aliphatic rings. The van der Waals surface area contributed by atoms with Crippen molar-refractivity contribution in [3.8, 4) is 0 Å². The molecule has 0 saturated heterocycles. The van der Waals surface area contributed by atoms with Crippen molar-refractivity contribution in [3.05, 3.63) is 0 Å². The number of hydrogen-bond donors (Lipinski definition) is 1.